The molecule has 14 heteroatoms. The Balaban J connectivity index is 0.954. The Morgan fingerprint density at radius 1 is 0.373 bits per heavy atom. The average Bonchev–Trinajstić information content (AvgIpc) is 4.29. The molecule has 0 amide bonds. The minimum absolute atomic E-state index is 0.273. The van der Waals surface area contributed by atoms with Crippen molar-refractivity contribution < 1.29 is 8.78 Å². The van der Waals surface area contributed by atoms with Gasteiger partial charge in [0.1, 0.15) is 33.7 Å². The third-order valence-corrected chi connectivity index (χ3v) is 23.6. The van der Waals surface area contributed by atoms with Crippen molar-refractivity contribution >= 4 is 114 Å². The molecule has 2 aromatic carbocycles. The van der Waals surface area contributed by atoms with Crippen LogP contribution in [-0.4, -0.2) is 17.5 Å². The normalized spacial score (nSPS) is 13.0. The maximum Gasteiger partial charge on any atom is 0.134 e. The summed E-state index contributed by atoms with van der Waals surface area (Å²) < 4.78 is 53.9. The number of aryl methyl sites for hydroxylation is 2. The Bertz CT molecular complexity index is 3310. The molecule has 0 spiro atoms. The average molecular weight is 1150 g/mol. The van der Waals surface area contributed by atoms with Crippen molar-refractivity contribution in [2.45, 2.75) is 162 Å². The summed E-state index contributed by atoms with van der Waals surface area (Å²) in [6.07, 6.45) is 23.5. The zero-order chi connectivity index (χ0) is 51.5. The van der Waals surface area contributed by atoms with Crippen LogP contribution >= 0.6 is 91.5 Å². The second-order valence-electron chi connectivity index (χ2n) is 20.4. The van der Waals surface area contributed by atoms with Gasteiger partial charge in [-0.25, -0.2) is 8.78 Å². The number of fused-ring (bicyclic) bond motifs is 5. The fraction of sp³-hybridized carbons (Fsp3) is 0.410. The highest BCUT2D eigenvalue weighted by atomic mass is 32.1. The molecule has 11 rings (SSSR count). The lowest BCUT2D eigenvalue weighted by Gasteiger charge is -2.31. The predicted molar refractivity (Wildman–Crippen MR) is 328 cm³/mol. The van der Waals surface area contributed by atoms with Crippen molar-refractivity contribution in [1.29, 1.82) is 0 Å². The number of hydrogen-bond donors (Lipinski definition) is 0. The van der Waals surface area contributed by atoms with E-state index in [1.54, 1.807) is 57.5 Å². The lowest BCUT2D eigenvalue weighted by atomic mass is 9.71. The van der Waals surface area contributed by atoms with Crippen molar-refractivity contribution in [2.24, 2.45) is 0 Å². The Labute approximate surface area is 473 Å². The summed E-state index contributed by atoms with van der Waals surface area (Å²) in [5.41, 5.74) is 7.70. The molecule has 0 fully saturated rings. The smallest absolute Gasteiger partial charge is 0.134 e. The van der Waals surface area contributed by atoms with Gasteiger partial charge in [0.05, 0.1) is 34.6 Å². The second kappa shape index (κ2) is 24.0. The summed E-state index contributed by atoms with van der Waals surface area (Å²) in [6, 6.07) is 25.6. The van der Waals surface area contributed by atoms with Crippen LogP contribution in [0.1, 0.15) is 164 Å². The number of benzene rings is 2. The molecular weight excluding hydrogens is 1080 g/mol. The van der Waals surface area contributed by atoms with Crippen LogP contribution < -0.4 is 0 Å². The summed E-state index contributed by atoms with van der Waals surface area (Å²) >= 11 is 12.8. The number of hydrogen-bond acceptors (Lipinski definition) is 12. The first-order chi connectivity index (χ1) is 36.8. The van der Waals surface area contributed by atoms with E-state index in [2.05, 4.69) is 88.4 Å². The third kappa shape index (κ3) is 10.7. The van der Waals surface area contributed by atoms with Gasteiger partial charge >= 0.3 is 0 Å². The van der Waals surface area contributed by atoms with Crippen LogP contribution in [0.25, 0.3) is 93.1 Å². The van der Waals surface area contributed by atoms with Crippen LogP contribution in [0.5, 0.6) is 0 Å². The van der Waals surface area contributed by atoms with Crippen LogP contribution in [0.4, 0.5) is 8.78 Å². The molecule has 10 aromatic rings. The van der Waals surface area contributed by atoms with Crippen molar-refractivity contribution in [3.63, 3.8) is 0 Å². The molecule has 0 unspecified atom stereocenters. The lowest BCUT2D eigenvalue weighted by Crippen LogP contribution is -2.25. The monoisotopic (exact) mass is 1150 g/mol. The van der Waals surface area contributed by atoms with Crippen LogP contribution in [0.15, 0.2) is 72.8 Å². The molecule has 75 heavy (non-hydrogen) atoms. The molecule has 0 bridgehead atoms. The highest BCUT2D eigenvalue weighted by Crippen LogP contribution is 2.62. The molecule has 1 aliphatic carbocycles. The van der Waals surface area contributed by atoms with Gasteiger partial charge < -0.3 is 0 Å². The van der Waals surface area contributed by atoms with E-state index in [1.165, 1.54) is 114 Å². The highest BCUT2D eigenvalue weighted by molar-refractivity contribution is 7.26. The molecular formula is C61H64F2N4S8. The van der Waals surface area contributed by atoms with E-state index in [9.17, 15) is 0 Å². The van der Waals surface area contributed by atoms with Gasteiger partial charge in [0.2, 0.25) is 0 Å². The summed E-state index contributed by atoms with van der Waals surface area (Å²) in [5, 5.41) is 0. The molecule has 0 radical (unpaired) electrons. The van der Waals surface area contributed by atoms with Gasteiger partial charge in [0.15, 0.2) is 0 Å². The number of unbranched alkanes of at least 4 members (excludes halogenated alkanes) is 12. The van der Waals surface area contributed by atoms with E-state index in [-0.39, 0.29) is 17.0 Å². The maximum absolute atomic E-state index is 17.3. The quantitative estimate of drug-likeness (QED) is 0.0507. The van der Waals surface area contributed by atoms with E-state index in [0.29, 0.717) is 22.2 Å². The molecule has 0 aliphatic heterocycles. The summed E-state index contributed by atoms with van der Waals surface area (Å²) in [5.74, 6) is -0.545. The summed E-state index contributed by atoms with van der Waals surface area (Å²) in [6.45, 7) is 9.05. The lowest BCUT2D eigenvalue weighted by molar-refractivity contribution is 0.402. The zero-order valence-electron chi connectivity index (χ0n) is 43.4. The molecule has 390 valence electrons. The largest absolute Gasteiger partial charge is 0.206 e. The van der Waals surface area contributed by atoms with Crippen LogP contribution in [0, 0.1) is 11.6 Å². The van der Waals surface area contributed by atoms with E-state index in [1.807, 2.05) is 22.7 Å². The van der Waals surface area contributed by atoms with E-state index in [4.69, 9.17) is 17.5 Å². The van der Waals surface area contributed by atoms with Gasteiger partial charge in [-0.1, -0.05) is 118 Å². The number of aromatic nitrogens is 4. The van der Waals surface area contributed by atoms with Gasteiger partial charge in [-0.15, -0.1) is 68.0 Å². The Morgan fingerprint density at radius 2 is 0.747 bits per heavy atom. The van der Waals surface area contributed by atoms with Gasteiger partial charge in [0, 0.05) is 75.1 Å². The van der Waals surface area contributed by atoms with E-state index < -0.39 is 0 Å². The van der Waals surface area contributed by atoms with Crippen molar-refractivity contribution in [3.05, 3.63) is 105 Å². The van der Waals surface area contributed by atoms with Gasteiger partial charge in [-0.2, -0.15) is 17.5 Å². The first-order valence-electron chi connectivity index (χ1n) is 27.4. The predicted octanol–water partition coefficient (Wildman–Crippen LogP) is 22.8. The molecule has 8 heterocycles. The number of nitrogens with zero attached hydrogens (tertiary/aromatic N) is 4. The van der Waals surface area contributed by atoms with E-state index >= 15 is 8.78 Å². The fourth-order valence-corrected chi connectivity index (χ4v) is 19.5. The molecule has 0 saturated carbocycles. The fourth-order valence-electron chi connectivity index (χ4n) is 11.2. The molecule has 0 N–H and O–H groups in total. The van der Waals surface area contributed by atoms with Crippen LogP contribution in [0.2, 0.25) is 0 Å². The highest BCUT2D eigenvalue weighted by Gasteiger charge is 2.46. The summed E-state index contributed by atoms with van der Waals surface area (Å²) in [4.78, 5) is 13.9. The Hall–Kier alpha value is -3.86. The standard InChI is InChI=1S/C61H64F2N4S8/c1-5-9-13-17-21-37-23-25-47(68-37)49-29-27-45(70-49)39-33-43(62)53(57-55(39)64-74-66-57)51-35-41-59(72-51)60-42(61(41,31-19-15-11-7-3)32-20-16-12-8-4)36-52(73-60)54-44(63)34-40(56-58(54)67-75-65-56)46-28-30-50(71-46)48-26-24-38(69-48)22-18-14-10-6-2/h23-30,33-36H,5-22,31-32H2,1-4H3. The number of halogens is 2. The topological polar surface area (TPSA) is 51.6 Å². The molecule has 8 aromatic heterocycles. The minimum Gasteiger partial charge on any atom is -0.206 e. The third-order valence-electron chi connectivity index (χ3n) is 15.2. The second-order valence-corrected chi connectivity index (χ2v) is 28.0. The first-order valence-corrected chi connectivity index (χ1v) is 33.8. The van der Waals surface area contributed by atoms with Crippen LogP contribution in [0.3, 0.4) is 0 Å². The Kier molecular flexibility index (Phi) is 17.0. The molecule has 4 nitrogen and oxygen atoms in total. The van der Waals surface area contributed by atoms with Gasteiger partial charge in [-0.3, -0.25) is 0 Å². The summed E-state index contributed by atoms with van der Waals surface area (Å²) in [7, 11) is 0. The maximum atomic E-state index is 17.3. The van der Waals surface area contributed by atoms with E-state index in [0.717, 1.165) is 129 Å². The van der Waals surface area contributed by atoms with Crippen molar-refractivity contribution in [1.82, 2.24) is 17.5 Å². The minimum atomic E-state index is -0.281. The van der Waals surface area contributed by atoms with Gasteiger partial charge in [-0.05, 0) is 122 Å². The molecule has 0 atom stereocenters. The number of rotatable bonds is 26. The SMILES string of the molecule is CCCCCCc1ccc(-c2ccc(-c3cc(F)c(-c4cc5c(s4)-c4sc(-c6c(F)cc(-c7ccc(-c8ccc(CCCCCC)s8)s7)c7nsnc67)cc4C5(CCCCCC)CCCCCC)c4nsnc34)s2)s1. The molecule has 1 aliphatic rings. The first kappa shape index (κ1) is 53.2. The van der Waals surface area contributed by atoms with Gasteiger partial charge in [0.25, 0.3) is 0 Å². The zero-order valence-corrected chi connectivity index (χ0v) is 49.9. The van der Waals surface area contributed by atoms with Crippen molar-refractivity contribution in [3.8, 4) is 71.0 Å². The Morgan fingerprint density at radius 3 is 1.17 bits per heavy atom. The van der Waals surface area contributed by atoms with Crippen LogP contribution in [-0.2, 0) is 18.3 Å². The number of thiophene rings is 6. The molecule has 0 saturated heterocycles. The van der Waals surface area contributed by atoms with Crippen molar-refractivity contribution in [2.75, 3.05) is 0 Å².